The molecular weight excluding hydrogens is 176 g/mol. The van der Waals surface area contributed by atoms with Gasteiger partial charge in [0.1, 0.15) is 11.3 Å². The molecule has 1 aromatic rings. The number of carbonyl (C=O) groups is 2. The molecule has 13 heavy (non-hydrogen) atoms. The summed E-state index contributed by atoms with van der Waals surface area (Å²) in [7, 11) is 0. The first-order chi connectivity index (χ1) is 6.11. The van der Waals surface area contributed by atoms with Gasteiger partial charge >= 0.3 is 11.9 Å². The van der Waals surface area contributed by atoms with Crippen molar-refractivity contribution in [3.05, 3.63) is 24.0 Å². The van der Waals surface area contributed by atoms with Crippen LogP contribution in [0.4, 0.5) is 0 Å². The second-order valence-corrected chi connectivity index (χ2v) is 2.27. The van der Waals surface area contributed by atoms with E-state index in [4.69, 9.17) is 5.11 Å². The lowest BCUT2D eigenvalue weighted by molar-refractivity contribution is -0.131. The predicted molar refractivity (Wildman–Crippen MR) is 42.5 cm³/mol. The average molecular weight is 183 g/mol. The van der Waals surface area contributed by atoms with Gasteiger partial charge in [-0.3, -0.25) is 9.78 Å². The maximum atomic E-state index is 10.6. The van der Waals surface area contributed by atoms with Gasteiger partial charge in [-0.05, 0) is 0 Å². The Labute approximate surface area is 74.0 Å². The van der Waals surface area contributed by atoms with Crippen molar-refractivity contribution < 1.29 is 19.4 Å². The fraction of sp³-hybridized carbons (Fsp3) is 0.125. The lowest BCUT2D eigenvalue weighted by atomic mass is 10.4. The summed E-state index contributed by atoms with van der Waals surface area (Å²) in [4.78, 5) is 24.7. The van der Waals surface area contributed by atoms with Gasteiger partial charge < -0.3 is 9.84 Å². The summed E-state index contributed by atoms with van der Waals surface area (Å²) < 4.78 is 4.65. The molecule has 5 nitrogen and oxygen atoms in total. The molecule has 0 aliphatic carbocycles. The molecule has 5 heteroatoms. The van der Waals surface area contributed by atoms with Crippen LogP contribution in [0.2, 0.25) is 0 Å². The second-order valence-electron chi connectivity index (χ2n) is 2.27. The van der Waals surface area contributed by atoms with Crippen molar-refractivity contribution in [1.29, 1.82) is 0 Å². The number of rotatable bonds is 2. The Morgan fingerprint density at radius 2 is 2.38 bits per heavy atom. The van der Waals surface area contributed by atoms with Crippen molar-refractivity contribution in [3.8, 4) is 5.75 Å². The number of pyridine rings is 1. The Balaban J connectivity index is 3.04. The number of carboxylic acids is 1. The van der Waals surface area contributed by atoms with E-state index < -0.39 is 11.9 Å². The number of carbonyl (C=O) groups excluding carboxylic acids is 1. The molecule has 1 N–H and O–H groups in total. The molecule has 0 atom stereocenters. The number of hydrogen-bond acceptors (Lipinski definition) is 4. The Kier molecular flexibility index (Phi) is 2.59. The van der Waals surface area contributed by atoms with Gasteiger partial charge in [-0.2, -0.15) is 0 Å². The number of carboxylic acid groups (broad SMARTS) is 1. The highest BCUT2D eigenvalue weighted by Crippen LogP contribution is 2.16. The van der Waals surface area contributed by atoms with E-state index in [1.54, 1.807) is 0 Å². The summed E-state index contributed by atoms with van der Waals surface area (Å²) in [5.41, 5.74) is -0.127. The Bertz CT molecular complexity index is 348. The molecule has 0 bridgehead atoms. The fourth-order valence-electron chi connectivity index (χ4n) is 0.786. The van der Waals surface area contributed by atoms with Gasteiger partial charge in [-0.1, -0.05) is 0 Å². The molecule has 0 saturated carbocycles. The van der Waals surface area contributed by atoms with Crippen molar-refractivity contribution in [2.45, 2.75) is 6.92 Å². The van der Waals surface area contributed by atoms with Crippen LogP contribution >= 0.6 is 0 Å². The van der Waals surface area contributed by atoms with Crippen LogP contribution in [0.5, 0.6) is 5.75 Å². The number of nitrogens with zero attached hydrogens (tertiary/aromatic N) is 1. The van der Waals surface area contributed by atoms with Crippen LogP contribution in [-0.4, -0.2) is 22.0 Å². The summed E-state index contributed by atoms with van der Waals surface area (Å²) in [6.07, 6.45) is 2.48. The molecule has 0 unspecified atom stereocenters. The van der Waals surface area contributed by atoms with E-state index in [0.717, 1.165) is 6.20 Å². The summed E-state index contributed by atoms with van der Waals surface area (Å²) >= 11 is 0. The van der Waals surface area contributed by atoms with Gasteiger partial charge in [0.05, 0.1) is 0 Å². The summed E-state index contributed by atoms with van der Waals surface area (Å²) in [6, 6.07) is 1.32. The third-order valence-electron chi connectivity index (χ3n) is 1.27. The third kappa shape index (κ3) is 2.26. The molecule has 0 fully saturated rings. The molecule has 0 aliphatic heterocycles. The predicted octanol–water partition coefficient (Wildman–Crippen LogP) is 0.705. The third-order valence-corrected chi connectivity index (χ3v) is 1.27. The zero-order valence-corrected chi connectivity index (χ0v) is 6.85. The maximum Gasteiger partial charge on any atom is 0.341 e. The molecule has 0 amide bonds. The summed E-state index contributed by atoms with van der Waals surface area (Å²) in [6.45, 7) is 1.20. The van der Waals surface area contributed by atoms with E-state index in [1.165, 1.54) is 19.2 Å². The first-order valence-corrected chi connectivity index (χ1v) is 3.47. The van der Waals surface area contributed by atoms with Crippen molar-refractivity contribution >= 4 is 11.9 Å². The van der Waals surface area contributed by atoms with Crippen molar-refractivity contribution in [3.63, 3.8) is 0 Å². The molecule has 68 valence electrons. The normalized spacial score (nSPS) is 9.31. The highest BCUT2D eigenvalue weighted by Gasteiger charge is 2.11. The minimum absolute atomic E-state index is 0.00926. The smallest absolute Gasteiger partial charge is 0.341 e. The maximum absolute atomic E-state index is 10.6. The minimum Gasteiger partial charge on any atom is -0.477 e. The molecule has 1 heterocycles. The Morgan fingerprint density at radius 1 is 1.69 bits per heavy atom. The average Bonchev–Trinajstić information content (AvgIpc) is 2.03. The molecule has 0 saturated heterocycles. The highest BCUT2D eigenvalue weighted by molar-refractivity contribution is 5.91. The van der Waals surface area contributed by atoms with E-state index >= 15 is 0 Å². The monoisotopic (exact) mass is 183 g/mol. The van der Waals surface area contributed by atoms with Crippen molar-refractivity contribution in [1.82, 2.24) is 4.98 Å². The van der Waals surface area contributed by atoms with E-state index in [0.29, 0.717) is 0 Å². The molecule has 0 aliphatic rings. The van der Waals surface area contributed by atoms with Crippen LogP contribution in [0.15, 0.2) is 18.5 Å². The first kappa shape index (κ1) is 9.18. The Hall–Kier alpha value is -1.91. The molecule has 0 spiro atoms. The summed E-state index contributed by atoms with van der Waals surface area (Å²) in [5, 5.41) is 8.65. The van der Waals surface area contributed by atoms with Gasteiger partial charge in [-0.25, -0.2) is 4.79 Å². The number of hydrogen-bond donors (Lipinski definition) is 1. The fourth-order valence-corrected chi connectivity index (χ4v) is 0.786. The van der Waals surface area contributed by atoms with Crippen LogP contribution in [0.1, 0.15) is 17.3 Å². The topological polar surface area (TPSA) is 76.5 Å². The second kappa shape index (κ2) is 3.66. The molecule has 0 radical (unpaired) electrons. The SMILES string of the molecule is CC(=O)Oc1ccncc1[14C](=O)O. The molecular formula is C8H7NO4. The van der Waals surface area contributed by atoms with Gasteiger partial charge in [-0.15, -0.1) is 0 Å². The van der Waals surface area contributed by atoms with Crippen LogP contribution in [0.3, 0.4) is 0 Å². The summed E-state index contributed by atoms with van der Waals surface area (Å²) in [5.74, 6) is -1.73. The van der Waals surface area contributed by atoms with E-state index in [-0.39, 0.29) is 11.3 Å². The van der Waals surface area contributed by atoms with Crippen LogP contribution < -0.4 is 4.74 Å². The standard InChI is InChI=1S/C8H7NO4/c1-5(10)13-7-2-3-9-4-6(7)8(11)12/h2-4H,1H3,(H,11,12)/i8+2. The van der Waals surface area contributed by atoms with E-state index in [9.17, 15) is 9.59 Å². The zero-order valence-electron chi connectivity index (χ0n) is 6.85. The largest absolute Gasteiger partial charge is 0.477 e. The van der Waals surface area contributed by atoms with Gasteiger partial charge in [0.15, 0.2) is 0 Å². The van der Waals surface area contributed by atoms with Gasteiger partial charge in [0.25, 0.3) is 0 Å². The number of aromatic carboxylic acids is 1. The Morgan fingerprint density at radius 3 is 2.92 bits per heavy atom. The van der Waals surface area contributed by atoms with E-state index in [1.807, 2.05) is 0 Å². The van der Waals surface area contributed by atoms with Gasteiger partial charge in [0.2, 0.25) is 0 Å². The van der Waals surface area contributed by atoms with Crippen molar-refractivity contribution in [2.75, 3.05) is 0 Å². The molecule has 0 aromatic carbocycles. The van der Waals surface area contributed by atoms with Gasteiger partial charge in [0, 0.05) is 25.4 Å². The van der Waals surface area contributed by atoms with Crippen LogP contribution in [-0.2, 0) is 4.79 Å². The van der Waals surface area contributed by atoms with Crippen LogP contribution in [0, 0.1) is 0 Å². The quantitative estimate of drug-likeness (QED) is 0.683. The lowest BCUT2D eigenvalue weighted by Crippen LogP contribution is -2.07. The highest BCUT2D eigenvalue weighted by atomic mass is 16.6. The first-order valence-electron chi connectivity index (χ1n) is 3.47. The minimum atomic E-state index is -1.18. The lowest BCUT2D eigenvalue weighted by Gasteiger charge is -2.03. The van der Waals surface area contributed by atoms with E-state index in [2.05, 4.69) is 9.72 Å². The number of esters is 1. The number of ether oxygens (including phenoxy) is 1. The molecule has 1 aromatic heterocycles. The molecule has 1 rings (SSSR count). The van der Waals surface area contributed by atoms with Crippen molar-refractivity contribution in [2.24, 2.45) is 0 Å². The van der Waals surface area contributed by atoms with Crippen LogP contribution in [0.25, 0.3) is 0 Å². The zero-order chi connectivity index (χ0) is 9.84. The number of aromatic nitrogens is 1.